The molecular weight excluding hydrogens is 336 g/mol. The number of carbonyl (C=O) groups is 2. The van der Waals surface area contributed by atoms with Crippen molar-refractivity contribution >= 4 is 17.9 Å². The molecule has 0 saturated heterocycles. The summed E-state index contributed by atoms with van der Waals surface area (Å²) in [4.78, 5) is 27.0. The van der Waals surface area contributed by atoms with Crippen LogP contribution in [-0.4, -0.2) is 29.0 Å². The molecule has 0 aliphatic heterocycles. The lowest BCUT2D eigenvalue weighted by Crippen LogP contribution is -2.34. The molecule has 2 rings (SSSR count). The number of amidine groups is 1. The predicted octanol–water partition coefficient (Wildman–Crippen LogP) is 2.34. The monoisotopic (exact) mass is 355 g/mol. The maximum absolute atomic E-state index is 14.2. The average Bonchev–Trinajstić information content (AvgIpc) is 3.00. The van der Waals surface area contributed by atoms with Crippen molar-refractivity contribution in [2.24, 2.45) is 16.8 Å². The number of nitrogens with two attached hydrogens (primary N) is 1. The number of oxime groups is 1. The second-order valence-electron chi connectivity index (χ2n) is 5.98. The number of alkyl halides is 2. The number of aryl methyl sites for hydroxylation is 1. The van der Waals surface area contributed by atoms with Crippen molar-refractivity contribution in [1.82, 2.24) is 5.32 Å². The van der Waals surface area contributed by atoms with Crippen LogP contribution in [0, 0.1) is 12.8 Å². The number of halogens is 2. The Labute approximate surface area is 142 Å². The number of amides is 1. The van der Waals surface area contributed by atoms with Crippen LogP contribution in [0.2, 0.25) is 0 Å². The molecule has 0 radical (unpaired) electrons. The van der Waals surface area contributed by atoms with Crippen LogP contribution >= 0.6 is 0 Å². The normalized spacial score (nSPS) is 21.0. The van der Waals surface area contributed by atoms with Gasteiger partial charge in [0.1, 0.15) is 0 Å². The van der Waals surface area contributed by atoms with Gasteiger partial charge in [-0.25, -0.2) is 9.59 Å². The van der Waals surface area contributed by atoms with E-state index in [0.29, 0.717) is 12.8 Å². The Kier molecular flexibility index (Phi) is 5.55. The molecule has 1 fully saturated rings. The number of hydrogen-bond donors (Lipinski definition) is 3. The first kappa shape index (κ1) is 18.6. The second kappa shape index (κ2) is 7.45. The summed E-state index contributed by atoms with van der Waals surface area (Å²) in [6.07, 6.45) is -0.105. The zero-order chi connectivity index (χ0) is 18.6. The Morgan fingerprint density at radius 1 is 1.32 bits per heavy atom. The van der Waals surface area contributed by atoms with E-state index in [4.69, 9.17) is 10.8 Å². The van der Waals surface area contributed by atoms with Crippen LogP contribution in [0.3, 0.4) is 0 Å². The highest BCUT2D eigenvalue weighted by Crippen LogP contribution is 2.29. The maximum atomic E-state index is 14.2. The fourth-order valence-corrected chi connectivity index (χ4v) is 2.64. The molecule has 136 valence electrons. The summed E-state index contributed by atoms with van der Waals surface area (Å²) in [6, 6.07) is 5.09. The van der Waals surface area contributed by atoms with Crippen molar-refractivity contribution in [1.29, 1.82) is 0 Å². The van der Waals surface area contributed by atoms with Gasteiger partial charge in [-0.05, 0) is 26.2 Å². The molecule has 2 atom stereocenters. The van der Waals surface area contributed by atoms with Gasteiger partial charge < -0.3 is 21.0 Å². The van der Waals surface area contributed by atoms with Gasteiger partial charge in [0.05, 0.1) is 5.92 Å². The molecule has 1 aromatic rings. The molecule has 0 bridgehead atoms. The highest BCUT2D eigenvalue weighted by molar-refractivity contribution is 5.88. The van der Waals surface area contributed by atoms with E-state index >= 15 is 0 Å². The zero-order valence-corrected chi connectivity index (χ0v) is 13.5. The number of hydrogen-bond acceptors (Lipinski definition) is 4. The van der Waals surface area contributed by atoms with Crippen LogP contribution in [0.5, 0.6) is 0 Å². The number of carboxylic acid groups (broad SMARTS) is 1. The van der Waals surface area contributed by atoms with Crippen LogP contribution in [0.15, 0.2) is 29.4 Å². The molecule has 0 aromatic heterocycles. The fourth-order valence-electron chi connectivity index (χ4n) is 2.64. The van der Waals surface area contributed by atoms with E-state index in [1.54, 1.807) is 6.92 Å². The van der Waals surface area contributed by atoms with Crippen LogP contribution in [0.1, 0.15) is 30.4 Å². The van der Waals surface area contributed by atoms with E-state index in [9.17, 15) is 18.4 Å². The lowest BCUT2D eigenvalue weighted by molar-refractivity contribution is -0.148. The molecule has 1 amide bonds. The SMILES string of the molecule is Cc1ccc(C(F)(F)/C(N)=N/OC(=O)[C@H]2CC[C@H](NC(=O)O)C2)cc1. The lowest BCUT2D eigenvalue weighted by atomic mass is 10.1. The first-order chi connectivity index (χ1) is 11.7. The quantitative estimate of drug-likeness (QED) is 0.325. The zero-order valence-electron chi connectivity index (χ0n) is 13.5. The molecule has 1 saturated carbocycles. The van der Waals surface area contributed by atoms with Crippen LogP contribution in [0.25, 0.3) is 0 Å². The molecule has 1 aliphatic carbocycles. The van der Waals surface area contributed by atoms with E-state index in [1.807, 2.05) is 0 Å². The fraction of sp³-hybridized carbons (Fsp3) is 0.438. The van der Waals surface area contributed by atoms with E-state index < -0.39 is 29.7 Å². The summed E-state index contributed by atoms with van der Waals surface area (Å²) in [7, 11) is 0. The third kappa shape index (κ3) is 4.65. The Morgan fingerprint density at radius 2 is 1.96 bits per heavy atom. The Balaban J connectivity index is 1.97. The van der Waals surface area contributed by atoms with E-state index in [2.05, 4.69) is 15.3 Å². The van der Waals surface area contributed by atoms with Gasteiger partial charge in [0.25, 0.3) is 0 Å². The Morgan fingerprint density at radius 3 is 2.56 bits per heavy atom. The van der Waals surface area contributed by atoms with Crippen LogP contribution < -0.4 is 11.1 Å². The van der Waals surface area contributed by atoms with Gasteiger partial charge in [-0.3, -0.25) is 0 Å². The average molecular weight is 355 g/mol. The van der Waals surface area contributed by atoms with Crippen molar-refractivity contribution < 1.29 is 28.3 Å². The molecule has 7 nitrogen and oxygen atoms in total. The largest absolute Gasteiger partial charge is 0.465 e. The third-order valence-corrected chi connectivity index (χ3v) is 4.06. The molecule has 9 heteroatoms. The number of carbonyl (C=O) groups excluding carboxylic acids is 1. The van der Waals surface area contributed by atoms with Crippen molar-refractivity contribution in [2.45, 2.75) is 38.2 Å². The van der Waals surface area contributed by atoms with Gasteiger partial charge in [-0.15, -0.1) is 0 Å². The molecule has 0 spiro atoms. The Bertz CT molecular complexity index is 676. The minimum atomic E-state index is -3.57. The summed E-state index contributed by atoms with van der Waals surface area (Å²) in [6.45, 7) is 1.76. The highest BCUT2D eigenvalue weighted by atomic mass is 19.3. The van der Waals surface area contributed by atoms with Gasteiger partial charge in [0, 0.05) is 11.6 Å². The van der Waals surface area contributed by atoms with Crippen molar-refractivity contribution in [3.05, 3.63) is 35.4 Å². The van der Waals surface area contributed by atoms with Gasteiger partial charge >= 0.3 is 18.0 Å². The van der Waals surface area contributed by atoms with Crippen molar-refractivity contribution in [3.63, 3.8) is 0 Å². The number of benzene rings is 1. The molecule has 4 N–H and O–H groups in total. The molecule has 0 unspecified atom stereocenters. The Hall–Kier alpha value is -2.71. The minimum absolute atomic E-state index is 0.231. The van der Waals surface area contributed by atoms with Gasteiger partial charge in [0.15, 0.2) is 0 Å². The first-order valence-corrected chi connectivity index (χ1v) is 7.69. The van der Waals surface area contributed by atoms with E-state index in [-0.39, 0.29) is 18.0 Å². The van der Waals surface area contributed by atoms with Gasteiger partial charge in [-0.1, -0.05) is 35.0 Å². The second-order valence-corrected chi connectivity index (χ2v) is 5.98. The highest BCUT2D eigenvalue weighted by Gasteiger charge is 2.38. The van der Waals surface area contributed by atoms with Crippen molar-refractivity contribution in [3.8, 4) is 0 Å². The summed E-state index contributed by atoms with van der Waals surface area (Å²) in [5.41, 5.74) is 5.75. The molecule has 25 heavy (non-hydrogen) atoms. The minimum Gasteiger partial charge on any atom is -0.465 e. The van der Waals surface area contributed by atoms with Gasteiger partial charge in [0.2, 0.25) is 5.84 Å². The summed E-state index contributed by atoms with van der Waals surface area (Å²) in [5, 5.41) is 14.0. The maximum Gasteiger partial charge on any atom is 0.404 e. The van der Waals surface area contributed by atoms with E-state index in [1.165, 1.54) is 24.3 Å². The lowest BCUT2D eigenvalue weighted by Gasteiger charge is -2.16. The molecular formula is C16H19F2N3O4. The van der Waals surface area contributed by atoms with Gasteiger partial charge in [-0.2, -0.15) is 8.78 Å². The summed E-state index contributed by atoms with van der Waals surface area (Å²) in [5.74, 6) is -6.11. The molecule has 1 aliphatic rings. The third-order valence-electron chi connectivity index (χ3n) is 4.06. The van der Waals surface area contributed by atoms with Crippen LogP contribution in [0.4, 0.5) is 13.6 Å². The summed E-state index contributed by atoms with van der Waals surface area (Å²) < 4.78 is 28.4. The number of nitrogens with zero attached hydrogens (tertiary/aromatic N) is 1. The van der Waals surface area contributed by atoms with E-state index in [0.717, 1.165) is 5.56 Å². The van der Waals surface area contributed by atoms with Crippen molar-refractivity contribution in [2.75, 3.05) is 0 Å². The molecule has 0 heterocycles. The smallest absolute Gasteiger partial charge is 0.404 e. The first-order valence-electron chi connectivity index (χ1n) is 7.69. The topological polar surface area (TPSA) is 114 Å². The number of nitrogens with one attached hydrogen (secondary N) is 1. The standard InChI is InChI=1S/C16H19F2N3O4/c1-9-2-5-11(6-3-9)16(17,18)14(19)21-25-13(22)10-4-7-12(8-10)20-15(23)24/h2-3,5-6,10,12,20H,4,7-8H2,1H3,(H2,19,21)(H,23,24)/t10-,12-/m0/s1. The predicted molar refractivity (Wildman–Crippen MR) is 85.1 cm³/mol. The summed E-state index contributed by atoms with van der Waals surface area (Å²) >= 11 is 0. The molecule has 1 aromatic carbocycles. The number of rotatable bonds is 5. The van der Waals surface area contributed by atoms with Crippen LogP contribution in [-0.2, 0) is 15.6 Å².